The van der Waals surface area contributed by atoms with Gasteiger partial charge < -0.3 is 5.73 Å². The van der Waals surface area contributed by atoms with Gasteiger partial charge in [0.15, 0.2) is 0 Å². The Hall–Kier alpha value is -0.760. The van der Waals surface area contributed by atoms with E-state index in [1.165, 1.54) is 0 Å². The van der Waals surface area contributed by atoms with Crippen molar-refractivity contribution >= 4 is 17.4 Å². The molecule has 1 aromatic heterocycles. The van der Waals surface area contributed by atoms with Gasteiger partial charge in [-0.25, -0.2) is 4.98 Å². The molecule has 0 bridgehead atoms. The van der Waals surface area contributed by atoms with E-state index in [9.17, 15) is 0 Å². The van der Waals surface area contributed by atoms with Gasteiger partial charge in [0.25, 0.3) is 0 Å². The Morgan fingerprint density at radius 3 is 2.71 bits per heavy atom. The van der Waals surface area contributed by atoms with E-state index in [0.717, 1.165) is 18.4 Å². The topological polar surface area (TPSA) is 38.9 Å². The van der Waals surface area contributed by atoms with Gasteiger partial charge in [-0.05, 0) is 23.5 Å². The summed E-state index contributed by atoms with van der Waals surface area (Å²) in [4.78, 5) is 3.96. The maximum absolute atomic E-state index is 6.13. The molecule has 0 amide bonds. The van der Waals surface area contributed by atoms with Crippen LogP contribution in [0.5, 0.6) is 0 Å². The molecule has 14 heavy (non-hydrogen) atoms. The summed E-state index contributed by atoms with van der Waals surface area (Å²) in [6.07, 6.45) is 3.94. The number of rotatable bonds is 3. The average molecular weight is 213 g/mol. The molecule has 78 valence electrons. The molecule has 0 radical (unpaired) electrons. The molecule has 0 spiro atoms. The van der Waals surface area contributed by atoms with E-state index in [1.54, 1.807) is 6.20 Å². The molecule has 0 saturated carbocycles. The van der Waals surface area contributed by atoms with Crippen LogP contribution < -0.4 is 5.73 Å². The Bertz CT molecular complexity index is 321. The van der Waals surface area contributed by atoms with Gasteiger partial charge in [-0.1, -0.05) is 38.8 Å². The van der Waals surface area contributed by atoms with Crippen LogP contribution in [0, 0.1) is 0 Å². The minimum absolute atomic E-state index is 0.0723. The van der Waals surface area contributed by atoms with Crippen LogP contribution in [0.2, 0.25) is 5.02 Å². The van der Waals surface area contributed by atoms with Crippen LogP contribution in [0.25, 0.3) is 0 Å². The Morgan fingerprint density at radius 1 is 1.50 bits per heavy atom. The van der Waals surface area contributed by atoms with Gasteiger partial charge in [-0.15, -0.1) is 0 Å². The van der Waals surface area contributed by atoms with Crippen LogP contribution >= 0.6 is 11.6 Å². The molecule has 0 unspecified atom stereocenters. The molecule has 0 aliphatic rings. The van der Waals surface area contributed by atoms with Crippen LogP contribution in [0.4, 0.5) is 5.82 Å². The average Bonchev–Trinajstić information content (AvgIpc) is 2.09. The second-order valence-electron chi connectivity index (χ2n) is 4.19. The third kappa shape index (κ3) is 2.18. The fraction of sp³-hybridized carbons (Fsp3) is 0.545. The van der Waals surface area contributed by atoms with E-state index < -0.39 is 0 Å². The van der Waals surface area contributed by atoms with Gasteiger partial charge in [0.2, 0.25) is 0 Å². The maximum atomic E-state index is 6.13. The molecule has 2 N–H and O–H groups in total. The number of hydrogen-bond acceptors (Lipinski definition) is 2. The molecule has 0 aromatic carbocycles. The molecule has 0 aliphatic heterocycles. The van der Waals surface area contributed by atoms with E-state index in [2.05, 4.69) is 25.8 Å². The lowest BCUT2D eigenvalue weighted by atomic mass is 9.81. The minimum Gasteiger partial charge on any atom is -0.382 e. The van der Waals surface area contributed by atoms with E-state index in [0.29, 0.717) is 10.8 Å². The summed E-state index contributed by atoms with van der Waals surface area (Å²) in [7, 11) is 0. The number of hydrogen-bond donors (Lipinski definition) is 1. The van der Waals surface area contributed by atoms with Crippen LogP contribution in [0.3, 0.4) is 0 Å². The summed E-state index contributed by atoms with van der Waals surface area (Å²) >= 11 is 6.13. The number of halogens is 1. The van der Waals surface area contributed by atoms with E-state index in [4.69, 9.17) is 17.3 Å². The summed E-state index contributed by atoms with van der Waals surface area (Å²) in [5.74, 6) is 0.424. The number of nitrogens with two attached hydrogens (primary N) is 1. The second-order valence-corrected chi connectivity index (χ2v) is 4.57. The van der Waals surface area contributed by atoms with Crippen molar-refractivity contribution in [1.82, 2.24) is 4.98 Å². The fourth-order valence-electron chi connectivity index (χ4n) is 1.74. The van der Waals surface area contributed by atoms with Crippen LogP contribution in [-0.2, 0) is 5.41 Å². The van der Waals surface area contributed by atoms with Crippen molar-refractivity contribution in [3.8, 4) is 0 Å². The first-order chi connectivity index (χ1) is 6.49. The van der Waals surface area contributed by atoms with Crippen LogP contribution in [0.1, 0.15) is 39.2 Å². The summed E-state index contributed by atoms with van der Waals surface area (Å²) in [6, 6.07) is 1.95. The molecule has 1 heterocycles. The van der Waals surface area contributed by atoms with E-state index in [-0.39, 0.29) is 5.41 Å². The van der Waals surface area contributed by atoms with Crippen molar-refractivity contribution in [2.75, 3.05) is 5.73 Å². The highest BCUT2D eigenvalue weighted by Crippen LogP contribution is 2.35. The van der Waals surface area contributed by atoms with Crippen molar-refractivity contribution in [3.05, 3.63) is 22.8 Å². The zero-order valence-corrected chi connectivity index (χ0v) is 9.73. The third-order valence-corrected chi connectivity index (χ3v) is 2.92. The number of anilines is 1. The molecule has 1 rings (SSSR count). The summed E-state index contributed by atoms with van der Waals surface area (Å²) < 4.78 is 0. The molecule has 0 saturated heterocycles. The van der Waals surface area contributed by atoms with Gasteiger partial charge in [-0.2, -0.15) is 0 Å². The highest BCUT2D eigenvalue weighted by atomic mass is 35.5. The molecule has 1 aromatic rings. The zero-order valence-electron chi connectivity index (χ0n) is 8.97. The first-order valence-corrected chi connectivity index (χ1v) is 5.27. The van der Waals surface area contributed by atoms with Gasteiger partial charge in [0, 0.05) is 6.20 Å². The monoisotopic (exact) mass is 212 g/mol. The van der Waals surface area contributed by atoms with Crippen molar-refractivity contribution in [1.29, 1.82) is 0 Å². The number of nitrogen functional groups attached to an aromatic ring is 1. The number of aromatic nitrogens is 1. The van der Waals surface area contributed by atoms with Crippen LogP contribution in [0.15, 0.2) is 12.3 Å². The third-order valence-electron chi connectivity index (χ3n) is 2.52. The highest BCUT2D eigenvalue weighted by molar-refractivity contribution is 6.33. The quantitative estimate of drug-likeness (QED) is 0.834. The van der Waals surface area contributed by atoms with Crippen LogP contribution in [-0.4, -0.2) is 4.98 Å². The van der Waals surface area contributed by atoms with Crippen molar-refractivity contribution < 1.29 is 0 Å². The van der Waals surface area contributed by atoms with Crippen molar-refractivity contribution in [2.24, 2.45) is 0 Å². The Morgan fingerprint density at radius 2 is 2.14 bits per heavy atom. The Labute approximate surface area is 90.5 Å². The standard InChI is InChI=1S/C11H17ClN2/c1-4-6-11(2,3)8-5-7-14-10(13)9(8)12/h5,7H,4,6H2,1-3H3,(H2,13,14). The Balaban J connectivity index is 3.12. The van der Waals surface area contributed by atoms with Gasteiger partial charge in [0.05, 0.1) is 5.02 Å². The molecule has 0 fully saturated rings. The number of nitrogens with zero attached hydrogens (tertiary/aromatic N) is 1. The Kier molecular flexibility index (Phi) is 3.38. The molecule has 0 atom stereocenters. The lowest BCUT2D eigenvalue weighted by Gasteiger charge is -2.25. The molecule has 2 nitrogen and oxygen atoms in total. The molecular formula is C11H17ClN2. The van der Waals surface area contributed by atoms with Crippen molar-refractivity contribution in [2.45, 2.75) is 39.0 Å². The number of pyridine rings is 1. The molecule has 0 aliphatic carbocycles. The van der Waals surface area contributed by atoms with Gasteiger partial charge in [-0.3, -0.25) is 0 Å². The summed E-state index contributed by atoms with van der Waals surface area (Å²) in [6.45, 7) is 6.52. The van der Waals surface area contributed by atoms with Gasteiger partial charge in [0.1, 0.15) is 5.82 Å². The van der Waals surface area contributed by atoms with Gasteiger partial charge >= 0.3 is 0 Å². The lowest BCUT2D eigenvalue weighted by Crippen LogP contribution is -2.18. The second kappa shape index (κ2) is 4.18. The smallest absolute Gasteiger partial charge is 0.142 e. The zero-order chi connectivity index (χ0) is 10.8. The van der Waals surface area contributed by atoms with Crippen molar-refractivity contribution in [3.63, 3.8) is 0 Å². The first-order valence-electron chi connectivity index (χ1n) is 4.89. The lowest BCUT2D eigenvalue weighted by molar-refractivity contribution is 0.473. The largest absolute Gasteiger partial charge is 0.382 e. The predicted molar refractivity (Wildman–Crippen MR) is 61.6 cm³/mol. The SMILES string of the molecule is CCCC(C)(C)c1ccnc(N)c1Cl. The summed E-state index contributed by atoms with van der Waals surface area (Å²) in [5, 5.41) is 0.603. The normalized spacial score (nSPS) is 11.7. The summed E-state index contributed by atoms with van der Waals surface area (Å²) in [5.41, 5.74) is 6.83. The highest BCUT2D eigenvalue weighted by Gasteiger charge is 2.23. The van der Waals surface area contributed by atoms with E-state index >= 15 is 0 Å². The molecular weight excluding hydrogens is 196 g/mol. The first kappa shape index (κ1) is 11.3. The predicted octanol–water partition coefficient (Wildman–Crippen LogP) is 3.39. The molecule has 3 heteroatoms. The van der Waals surface area contributed by atoms with E-state index in [1.807, 2.05) is 6.07 Å². The minimum atomic E-state index is 0.0723. The fourth-order valence-corrected chi connectivity index (χ4v) is 2.11. The maximum Gasteiger partial charge on any atom is 0.142 e.